The van der Waals surface area contributed by atoms with Crippen molar-refractivity contribution in [3.63, 3.8) is 0 Å². The Bertz CT molecular complexity index is 1280. The molecule has 0 saturated heterocycles. The van der Waals surface area contributed by atoms with Crippen LogP contribution >= 0.6 is 0 Å². The number of aromatic amines is 1. The average Bonchev–Trinajstić information content (AvgIpc) is 3.37. The molecule has 5 rings (SSSR count). The Morgan fingerprint density at radius 3 is 2.58 bits per heavy atom. The largest absolute Gasteiger partial charge is 0.497 e. The second-order valence-electron chi connectivity index (χ2n) is 7.64. The van der Waals surface area contributed by atoms with E-state index < -0.39 is 0 Å². The molecule has 0 saturated carbocycles. The molecule has 166 valence electrons. The van der Waals surface area contributed by atoms with Crippen LogP contribution in [0.5, 0.6) is 17.2 Å². The first-order valence-electron chi connectivity index (χ1n) is 10.7. The fourth-order valence-electron chi connectivity index (χ4n) is 3.69. The van der Waals surface area contributed by atoms with Gasteiger partial charge in [0.1, 0.15) is 19.0 Å². The van der Waals surface area contributed by atoms with Crippen LogP contribution < -0.4 is 19.5 Å². The van der Waals surface area contributed by atoms with E-state index in [1.165, 1.54) is 0 Å². The number of hydrogen-bond donors (Lipinski definition) is 2. The monoisotopic (exact) mass is 441 g/mol. The number of benzene rings is 3. The molecule has 0 spiro atoms. The van der Waals surface area contributed by atoms with Gasteiger partial charge in [-0.2, -0.15) is 5.10 Å². The summed E-state index contributed by atoms with van der Waals surface area (Å²) in [6.07, 6.45) is 0. The lowest BCUT2D eigenvalue weighted by molar-refractivity contribution is 0.0951. The van der Waals surface area contributed by atoms with Gasteiger partial charge in [0.2, 0.25) is 0 Å². The van der Waals surface area contributed by atoms with Crippen molar-refractivity contribution in [2.45, 2.75) is 6.54 Å². The quantitative estimate of drug-likeness (QED) is 0.462. The Kier molecular flexibility index (Phi) is 5.68. The van der Waals surface area contributed by atoms with E-state index in [2.05, 4.69) is 15.5 Å². The number of H-pyrrole nitrogens is 1. The standard InChI is InChI=1S/C26H23N3O4/c1-31-21-4-2-3-17(13-21)16-27-26(30)19-7-5-18(6-8-19)22-15-23(29-28-22)20-9-10-24-25(14-20)33-12-11-32-24/h2-10,13-15H,11-12,16H2,1H3,(H,27,30)(H,28,29). The van der Waals surface area contributed by atoms with E-state index >= 15 is 0 Å². The van der Waals surface area contributed by atoms with Gasteiger partial charge in [0, 0.05) is 17.7 Å². The number of methoxy groups -OCH3 is 1. The van der Waals surface area contributed by atoms with Gasteiger partial charge in [-0.3, -0.25) is 9.89 Å². The molecule has 0 unspecified atom stereocenters. The van der Waals surface area contributed by atoms with Crippen LogP contribution in [-0.2, 0) is 6.54 Å². The molecule has 1 aliphatic rings. The van der Waals surface area contributed by atoms with E-state index in [0.29, 0.717) is 25.3 Å². The van der Waals surface area contributed by atoms with Crippen molar-refractivity contribution in [1.82, 2.24) is 15.5 Å². The molecule has 1 amide bonds. The number of amides is 1. The summed E-state index contributed by atoms with van der Waals surface area (Å²) in [6, 6.07) is 22.8. The summed E-state index contributed by atoms with van der Waals surface area (Å²) in [5.41, 5.74) is 5.12. The minimum Gasteiger partial charge on any atom is -0.497 e. The molecule has 7 heteroatoms. The zero-order valence-corrected chi connectivity index (χ0v) is 18.1. The Labute approximate surface area is 191 Å². The average molecular weight is 441 g/mol. The maximum atomic E-state index is 12.5. The Morgan fingerprint density at radius 2 is 1.76 bits per heavy atom. The van der Waals surface area contributed by atoms with E-state index in [-0.39, 0.29) is 5.91 Å². The third kappa shape index (κ3) is 4.52. The van der Waals surface area contributed by atoms with Crippen LogP contribution in [0.3, 0.4) is 0 Å². The number of hydrogen-bond acceptors (Lipinski definition) is 5. The third-order valence-corrected chi connectivity index (χ3v) is 5.46. The van der Waals surface area contributed by atoms with Gasteiger partial charge in [-0.05, 0) is 59.7 Å². The Morgan fingerprint density at radius 1 is 0.970 bits per heavy atom. The molecule has 2 N–H and O–H groups in total. The van der Waals surface area contributed by atoms with Crippen LogP contribution in [0.15, 0.2) is 72.8 Å². The van der Waals surface area contributed by atoms with E-state index in [4.69, 9.17) is 14.2 Å². The molecule has 4 aromatic rings. The van der Waals surface area contributed by atoms with E-state index in [9.17, 15) is 4.79 Å². The smallest absolute Gasteiger partial charge is 0.251 e. The summed E-state index contributed by atoms with van der Waals surface area (Å²) in [4.78, 5) is 12.5. The molecule has 1 aromatic heterocycles. The molecular formula is C26H23N3O4. The van der Waals surface area contributed by atoms with Crippen molar-refractivity contribution in [1.29, 1.82) is 0 Å². The number of ether oxygens (including phenoxy) is 3. The second kappa shape index (κ2) is 9.08. The van der Waals surface area contributed by atoms with Crippen LogP contribution in [0.1, 0.15) is 15.9 Å². The van der Waals surface area contributed by atoms with E-state index in [1.54, 1.807) is 19.2 Å². The summed E-state index contributed by atoms with van der Waals surface area (Å²) >= 11 is 0. The van der Waals surface area contributed by atoms with Crippen LogP contribution in [0.4, 0.5) is 0 Å². The first-order chi connectivity index (χ1) is 16.2. The minimum atomic E-state index is -0.133. The number of carbonyl (C=O) groups is 1. The van der Waals surface area contributed by atoms with Crippen molar-refractivity contribution < 1.29 is 19.0 Å². The zero-order valence-electron chi connectivity index (χ0n) is 18.1. The zero-order chi connectivity index (χ0) is 22.6. The summed E-state index contributed by atoms with van der Waals surface area (Å²) in [6.45, 7) is 1.53. The molecule has 0 radical (unpaired) electrons. The van der Waals surface area contributed by atoms with Crippen molar-refractivity contribution in [2.24, 2.45) is 0 Å². The Balaban J connectivity index is 1.26. The lowest BCUT2D eigenvalue weighted by Gasteiger charge is -2.18. The van der Waals surface area contributed by atoms with Gasteiger partial charge < -0.3 is 19.5 Å². The van der Waals surface area contributed by atoms with Gasteiger partial charge in [-0.1, -0.05) is 24.3 Å². The van der Waals surface area contributed by atoms with Gasteiger partial charge in [0.25, 0.3) is 5.91 Å². The van der Waals surface area contributed by atoms with Gasteiger partial charge in [-0.25, -0.2) is 0 Å². The summed E-state index contributed by atoms with van der Waals surface area (Å²) in [5, 5.41) is 10.4. The van der Waals surface area contributed by atoms with Gasteiger partial charge in [0.15, 0.2) is 11.5 Å². The first-order valence-corrected chi connectivity index (χ1v) is 10.7. The molecule has 0 aliphatic carbocycles. The molecular weight excluding hydrogens is 418 g/mol. The number of nitrogens with one attached hydrogen (secondary N) is 2. The predicted octanol–water partition coefficient (Wildman–Crippen LogP) is 4.45. The molecule has 0 fully saturated rings. The lowest BCUT2D eigenvalue weighted by Crippen LogP contribution is -2.22. The van der Waals surface area contributed by atoms with Crippen LogP contribution in [0.2, 0.25) is 0 Å². The molecule has 0 bridgehead atoms. The predicted molar refractivity (Wildman–Crippen MR) is 125 cm³/mol. The molecule has 0 atom stereocenters. The van der Waals surface area contributed by atoms with E-state index in [1.807, 2.05) is 60.7 Å². The van der Waals surface area contributed by atoms with Gasteiger partial charge >= 0.3 is 0 Å². The van der Waals surface area contributed by atoms with Gasteiger partial charge in [-0.15, -0.1) is 0 Å². The topological polar surface area (TPSA) is 85.5 Å². The Hall–Kier alpha value is -4.26. The summed E-state index contributed by atoms with van der Waals surface area (Å²) < 4.78 is 16.5. The lowest BCUT2D eigenvalue weighted by atomic mass is 10.1. The maximum Gasteiger partial charge on any atom is 0.251 e. The van der Waals surface area contributed by atoms with Crippen molar-refractivity contribution in [3.8, 4) is 39.8 Å². The van der Waals surface area contributed by atoms with Gasteiger partial charge in [0.05, 0.1) is 18.5 Å². The molecule has 1 aliphatic heterocycles. The molecule has 33 heavy (non-hydrogen) atoms. The SMILES string of the molecule is COc1cccc(CNC(=O)c2ccc(-c3cc(-c4ccc5c(c4)OCCO5)n[nH]3)cc2)c1. The highest BCUT2D eigenvalue weighted by atomic mass is 16.6. The molecule has 3 aromatic carbocycles. The normalized spacial score (nSPS) is 12.3. The number of carbonyl (C=O) groups excluding carboxylic acids is 1. The molecule has 2 heterocycles. The second-order valence-corrected chi connectivity index (χ2v) is 7.64. The van der Waals surface area contributed by atoms with Crippen molar-refractivity contribution >= 4 is 5.91 Å². The van der Waals surface area contributed by atoms with Crippen LogP contribution in [0.25, 0.3) is 22.5 Å². The highest BCUT2D eigenvalue weighted by Gasteiger charge is 2.14. The van der Waals surface area contributed by atoms with Crippen molar-refractivity contribution in [2.75, 3.05) is 20.3 Å². The fourth-order valence-corrected chi connectivity index (χ4v) is 3.69. The molecule has 7 nitrogen and oxygen atoms in total. The highest BCUT2D eigenvalue weighted by Crippen LogP contribution is 2.34. The minimum absolute atomic E-state index is 0.133. The third-order valence-electron chi connectivity index (χ3n) is 5.46. The first kappa shape index (κ1) is 20.6. The number of aromatic nitrogens is 2. The van der Waals surface area contributed by atoms with Crippen LogP contribution in [0, 0.1) is 0 Å². The fraction of sp³-hybridized carbons (Fsp3) is 0.154. The summed E-state index contributed by atoms with van der Waals surface area (Å²) in [5.74, 6) is 2.11. The highest BCUT2D eigenvalue weighted by molar-refractivity contribution is 5.94. The van der Waals surface area contributed by atoms with Crippen molar-refractivity contribution in [3.05, 3.63) is 83.9 Å². The number of nitrogens with zero attached hydrogens (tertiary/aromatic N) is 1. The number of fused-ring (bicyclic) bond motifs is 1. The summed E-state index contributed by atoms with van der Waals surface area (Å²) in [7, 11) is 1.62. The van der Waals surface area contributed by atoms with Crippen LogP contribution in [-0.4, -0.2) is 36.4 Å². The van der Waals surface area contributed by atoms with E-state index in [0.717, 1.165) is 45.3 Å². The maximum absolute atomic E-state index is 12.5. The number of rotatable bonds is 6.